The molecule has 0 saturated carbocycles. The lowest BCUT2D eigenvalue weighted by molar-refractivity contribution is -0.681. The van der Waals surface area contributed by atoms with Crippen LogP contribution in [0.15, 0.2) is 81.6 Å². The summed E-state index contributed by atoms with van der Waals surface area (Å²) in [6, 6.07) is 16.7. The molecule has 0 saturated heterocycles. The molecule has 0 aliphatic carbocycles. The second kappa shape index (κ2) is 16.4. The minimum absolute atomic E-state index is 0.757. The molecule has 0 amide bonds. The highest BCUT2D eigenvalue weighted by molar-refractivity contribution is 5.53. The molecule has 2 aromatic heterocycles. The van der Waals surface area contributed by atoms with Gasteiger partial charge in [-0.15, -0.1) is 9.36 Å². The number of nitrogens with zero attached hydrogens (tertiary/aromatic N) is 12. The van der Waals surface area contributed by atoms with Crippen molar-refractivity contribution in [3.8, 4) is 0 Å². The molecule has 12 nitrogen and oxygen atoms in total. The van der Waals surface area contributed by atoms with E-state index in [9.17, 15) is 0 Å². The van der Waals surface area contributed by atoms with Gasteiger partial charge in [-0.3, -0.25) is 0 Å². The molecule has 0 N–H and O–H groups in total. The lowest BCUT2D eigenvalue weighted by atomic mass is 10.2. The van der Waals surface area contributed by atoms with Gasteiger partial charge in [0.25, 0.3) is 0 Å². The summed E-state index contributed by atoms with van der Waals surface area (Å²) in [5.41, 5.74) is 4.08. The molecule has 4 rings (SSSR count). The van der Waals surface area contributed by atoms with Gasteiger partial charge in [-0.2, -0.15) is 0 Å². The molecule has 0 bridgehead atoms. The van der Waals surface area contributed by atoms with Gasteiger partial charge < -0.3 is 9.80 Å². The molecule has 0 spiro atoms. The monoisotopic (exact) mass is 600 g/mol. The van der Waals surface area contributed by atoms with Crippen LogP contribution in [-0.4, -0.2) is 45.7 Å². The van der Waals surface area contributed by atoms with Crippen LogP contribution in [0.3, 0.4) is 0 Å². The van der Waals surface area contributed by atoms with Crippen molar-refractivity contribution in [2.45, 2.75) is 80.6 Å². The molecule has 0 atom stereocenters. The van der Waals surface area contributed by atoms with E-state index in [-0.39, 0.29) is 0 Å². The molecule has 0 aliphatic rings. The molecule has 0 unspecified atom stereocenters. The van der Waals surface area contributed by atoms with E-state index in [2.05, 4.69) is 106 Å². The number of hydrogen-bond acceptors (Lipinski definition) is 8. The Hall–Kier alpha value is -4.48. The average molecular weight is 601 g/mol. The Bertz CT molecular complexity index is 1330. The number of aromatic nitrogens is 6. The molecule has 0 fully saturated rings. The van der Waals surface area contributed by atoms with Crippen molar-refractivity contribution >= 4 is 34.6 Å². The molecular formula is C32H48N12+2. The zero-order valence-corrected chi connectivity index (χ0v) is 27.2. The molecular weight excluding hydrogens is 552 g/mol. The number of rotatable bonds is 17. The largest absolute Gasteiger partial charge is 0.403 e. The van der Waals surface area contributed by atoms with E-state index in [1.54, 1.807) is 12.7 Å². The Morgan fingerprint density at radius 2 is 0.955 bits per heavy atom. The predicted molar refractivity (Wildman–Crippen MR) is 174 cm³/mol. The lowest BCUT2D eigenvalue weighted by Gasteiger charge is -2.26. The molecule has 2 aromatic carbocycles. The predicted octanol–water partition coefficient (Wildman–Crippen LogP) is 6.70. The zero-order valence-electron chi connectivity index (χ0n) is 27.2. The van der Waals surface area contributed by atoms with Gasteiger partial charge >= 0.3 is 11.9 Å². The van der Waals surface area contributed by atoms with Crippen LogP contribution in [0, 0.1) is 0 Å². The highest BCUT2D eigenvalue weighted by Crippen LogP contribution is 2.24. The summed E-state index contributed by atoms with van der Waals surface area (Å²) in [5.74, 6) is 1.52. The van der Waals surface area contributed by atoms with Crippen molar-refractivity contribution in [3.05, 3.63) is 61.2 Å². The molecule has 12 heteroatoms. The van der Waals surface area contributed by atoms with Gasteiger partial charge in [-0.1, -0.05) is 10.2 Å². The van der Waals surface area contributed by atoms with Gasteiger partial charge in [0.15, 0.2) is 0 Å². The van der Waals surface area contributed by atoms with Crippen molar-refractivity contribution in [2.75, 3.05) is 36.0 Å². The third-order valence-electron chi connectivity index (χ3n) is 7.73. The Morgan fingerprint density at radius 3 is 1.27 bits per heavy atom. The van der Waals surface area contributed by atoms with Crippen molar-refractivity contribution in [2.24, 2.45) is 20.5 Å². The third-order valence-corrected chi connectivity index (χ3v) is 7.73. The van der Waals surface area contributed by atoms with E-state index in [1.807, 2.05) is 42.8 Å². The van der Waals surface area contributed by atoms with Gasteiger partial charge in [0.1, 0.15) is 0 Å². The summed E-state index contributed by atoms with van der Waals surface area (Å²) < 4.78 is 7.70. The Labute approximate surface area is 261 Å². The lowest BCUT2D eigenvalue weighted by Crippen LogP contribution is -2.30. The standard InChI is InChI=1S/C32H48N12/c1-7-39(29-19-15-27(16-20-29)35-37-31-41(9-3)25-33-43(31)11-5)23-13-14-24-40(8-2)30-21-17-28(18-22-30)36-38-32-42(10-4)26-34-44(32)12-6/h15-22,25-26H,7-14,23-24H2,1-6H3/q+2. The first-order chi connectivity index (χ1) is 21.5. The second-order valence-corrected chi connectivity index (χ2v) is 10.4. The summed E-state index contributed by atoms with van der Waals surface area (Å²) in [7, 11) is 0. The fourth-order valence-electron chi connectivity index (χ4n) is 5.07. The van der Waals surface area contributed by atoms with Crippen LogP contribution in [0.4, 0.5) is 34.6 Å². The highest BCUT2D eigenvalue weighted by atomic mass is 15.4. The summed E-state index contributed by atoms with van der Waals surface area (Å²) in [4.78, 5) is 4.84. The van der Waals surface area contributed by atoms with Gasteiger partial charge in [-0.25, -0.2) is 9.13 Å². The second-order valence-electron chi connectivity index (χ2n) is 10.4. The molecule has 0 aliphatic heterocycles. The number of aryl methyl sites for hydroxylation is 4. The summed E-state index contributed by atoms with van der Waals surface area (Å²) >= 11 is 0. The fourth-order valence-corrected chi connectivity index (χ4v) is 5.07. The molecule has 4 aromatic rings. The van der Waals surface area contributed by atoms with Crippen LogP contribution in [-0.2, 0) is 26.2 Å². The Balaban J connectivity index is 1.28. The van der Waals surface area contributed by atoms with E-state index in [0.717, 1.165) is 88.5 Å². The van der Waals surface area contributed by atoms with Gasteiger partial charge in [0.05, 0.1) is 37.6 Å². The summed E-state index contributed by atoms with van der Waals surface area (Å²) in [6.45, 7) is 19.7. The van der Waals surface area contributed by atoms with Gasteiger partial charge in [-0.05, 0) is 113 Å². The number of unbranched alkanes of at least 4 members (excludes halogenated alkanes) is 1. The maximum absolute atomic E-state index is 4.48. The van der Waals surface area contributed by atoms with E-state index < -0.39 is 0 Å². The number of benzene rings is 2. The Morgan fingerprint density at radius 1 is 0.568 bits per heavy atom. The Kier molecular flexibility index (Phi) is 12.1. The smallest absolute Gasteiger partial charge is 0.372 e. The van der Waals surface area contributed by atoms with Crippen molar-refractivity contribution in [1.82, 2.24) is 19.6 Å². The molecule has 234 valence electrons. The maximum Gasteiger partial charge on any atom is 0.403 e. The van der Waals surface area contributed by atoms with Crippen LogP contribution in [0.2, 0.25) is 0 Å². The first-order valence-corrected chi connectivity index (χ1v) is 16.0. The normalized spacial score (nSPS) is 11.7. The highest BCUT2D eigenvalue weighted by Gasteiger charge is 2.17. The van der Waals surface area contributed by atoms with E-state index in [1.165, 1.54) is 11.4 Å². The van der Waals surface area contributed by atoms with Gasteiger partial charge in [0, 0.05) is 47.8 Å². The van der Waals surface area contributed by atoms with Crippen LogP contribution in [0.1, 0.15) is 54.4 Å². The first kappa shape index (κ1) is 32.4. The van der Waals surface area contributed by atoms with Gasteiger partial charge in [0.2, 0.25) is 12.7 Å². The first-order valence-electron chi connectivity index (χ1n) is 16.0. The van der Waals surface area contributed by atoms with E-state index in [4.69, 9.17) is 0 Å². The molecule has 44 heavy (non-hydrogen) atoms. The fraction of sp³-hybridized carbons (Fsp3) is 0.500. The number of azo groups is 2. The number of anilines is 2. The zero-order chi connectivity index (χ0) is 31.3. The quantitative estimate of drug-likeness (QED) is 0.0765. The minimum atomic E-state index is 0.757. The van der Waals surface area contributed by atoms with Crippen LogP contribution in [0.25, 0.3) is 0 Å². The average Bonchev–Trinajstić information content (AvgIpc) is 3.67. The topological polar surface area (TPSA) is 99.3 Å². The van der Waals surface area contributed by atoms with E-state index >= 15 is 0 Å². The van der Waals surface area contributed by atoms with E-state index in [0.29, 0.717) is 0 Å². The summed E-state index contributed by atoms with van der Waals surface area (Å²) in [5, 5.41) is 26.6. The minimum Gasteiger partial charge on any atom is -0.372 e. The van der Waals surface area contributed by atoms with Crippen molar-refractivity contribution < 1.29 is 9.13 Å². The van der Waals surface area contributed by atoms with Crippen LogP contribution < -0.4 is 18.9 Å². The van der Waals surface area contributed by atoms with Crippen molar-refractivity contribution in [1.29, 1.82) is 0 Å². The van der Waals surface area contributed by atoms with Crippen molar-refractivity contribution in [3.63, 3.8) is 0 Å². The maximum atomic E-state index is 4.48. The SMILES string of the molecule is CCN(CCCCN(CC)c1ccc(N=Nc2n(CC)nc[n+]2CC)cc1)c1ccc(N=Nc2n(CC)nc[n+]2CC)cc1. The third kappa shape index (κ3) is 8.12. The van der Waals surface area contributed by atoms with Crippen LogP contribution >= 0.6 is 0 Å². The molecule has 0 radical (unpaired) electrons. The number of hydrogen-bond donors (Lipinski definition) is 0. The van der Waals surface area contributed by atoms with Crippen LogP contribution in [0.5, 0.6) is 0 Å². The summed E-state index contributed by atoms with van der Waals surface area (Å²) in [6.07, 6.45) is 5.82. The molecule has 2 heterocycles.